The number of hydrogen-bond donors (Lipinski definition) is 0. The van der Waals surface area contributed by atoms with E-state index >= 15 is 0 Å². The molecule has 7 heteroatoms. The van der Waals surface area contributed by atoms with E-state index in [4.69, 9.17) is 9.47 Å². The van der Waals surface area contributed by atoms with Gasteiger partial charge in [-0.1, -0.05) is 54.1 Å². The Balaban J connectivity index is 1.62. The molecule has 0 unspecified atom stereocenters. The van der Waals surface area contributed by atoms with E-state index in [1.807, 2.05) is 50.2 Å². The molecule has 2 amide bonds. The maximum Gasteiger partial charge on any atom is 0.293 e. The van der Waals surface area contributed by atoms with E-state index in [9.17, 15) is 14.9 Å². The summed E-state index contributed by atoms with van der Waals surface area (Å²) in [5.41, 5.74) is 4.87. The first-order chi connectivity index (χ1) is 18.4. The van der Waals surface area contributed by atoms with Gasteiger partial charge in [0.2, 0.25) is 0 Å². The normalized spacial score (nSPS) is 14.0. The molecule has 0 N–H and O–H groups in total. The Bertz CT molecular complexity index is 1440. The Labute approximate surface area is 227 Å². The zero-order valence-electron chi connectivity index (χ0n) is 21.4. The van der Waals surface area contributed by atoms with Crippen LogP contribution >= 0.6 is 11.8 Å². The van der Waals surface area contributed by atoms with Gasteiger partial charge in [-0.05, 0) is 73.0 Å². The van der Waals surface area contributed by atoms with Crippen LogP contribution in [0.25, 0.3) is 6.08 Å². The molecule has 1 heterocycles. The van der Waals surface area contributed by atoms with Gasteiger partial charge in [0.25, 0.3) is 11.1 Å². The van der Waals surface area contributed by atoms with Gasteiger partial charge in [-0.25, -0.2) is 0 Å². The van der Waals surface area contributed by atoms with E-state index < -0.39 is 5.91 Å². The van der Waals surface area contributed by atoms with Crippen LogP contribution in [0.1, 0.15) is 40.3 Å². The Morgan fingerprint density at radius 3 is 2.53 bits per heavy atom. The highest BCUT2D eigenvalue weighted by Gasteiger charge is 2.35. The Morgan fingerprint density at radius 1 is 1.05 bits per heavy atom. The number of imide groups is 1. The van der Waals surface area contributed by atoms with Gasteiger partial charge >= 0.3 is 0 Å². The van der Waals surface area contributed by atoms with Crippen molar-refractivity contribution in [2.24, 2.45) is 0 Å². The van der Waals surface area contributed by atoms with Crippen molar-refractivity contribution in [2.75, 3.05) is 6.61 Å². The maximum atomic E-state index is 13.2. The van der Waals surface area contributed by atoms with E-state index in [0.29, 0.717) is 47.2 Å². The fourth-order valence-electron chi connectivity index (χ4n) is 4.07. The number of carbonyl (C=O) groups is 2. The number of benzene rings is 3. The number of allylic oxidation sites excluding steroid dienone is 1. The Kier molecular flexibility index (Phi) is 8.67. The van der Waals surface area contributed by atoms with Crippen LogP contribution in [0, 0.1) is 18.3 Å². The molecule has 0 aromatic heterocycles. The van der Waals surface area contributed by atoms with Gasteiger partial charge in [0.15, 0.2) is 11.5 Å². The van der Waals surface area contributed by atoms with Crippen molar-refractivity contribution in [3.8, 4) is 17.6 Å². The predicted molar refractivity (Wildman–Crippen MR) is 150 cm³/mol. The van der Waals surface area contributed by atoms with E-state index in [-0.39, 0.29) is 11.8 Å². The standard InChI is InChI=1S/C31H28N2O4S/c1-4-8-24-15-23(16-27(36-5-2)29(24)37-20-22-13-11-21(3)12-14-22)17-28-30(34)33(31(35)38-28)19-26-10-7-6-9-25(26)18-32/h4,6-7,9-17H,1,5,8,19-20H2,2-3H3/b28-17+. The van der Waals surface area contributed by atoms with Crippen molar-refractivity contribution >= 4 is 29.0 Å². The topological polar surface area (TPSA) is 79.6 Å². The van der Waals surface area contributed by atoms with Crippen molar-refractivity contribution in [1.82, 2.24) is 4.90 Å². The molecule has 0 bridgehead atoms. The lowest BCUT2D eigenvalue weighted by Gasteiger charge is -2.17. The average molecular weight is 525 g/mol. The predicted octanol–water partition coefficient (Wildman–Crippen LogP) is 6.81. The van der Waals surface area contributed by atoms with E-state index in [1.54, 1.807) is 36.4 Å². The molecule has 1 aliphatic heterocycles. The third-order valence-corrected chi connectivity index (χ3v) is 6.87. The van der Waals surface area contributed by atoms with Gasteiger partial charge < -0.3 is 9.47 Å². The molecule has 0 spiro atoms. The summed E-state index contributed by atoms with van der Waals surface area (Å²) in [5, 5.41) is 8.99. The van der Waals surface area contributed by atoms with Gasteiger partial charge in [0.1, 0.15) is 6.61 Å². The molecule has 0 aliphatic carbocycles. The summed E-state index contributed by atoms with van der Waals surface area (Å²) in [7, 11) is 0. The van der Waals surface area contributed by atoms with Crippen molar-refractivity contribution in [3.05, 3.63) is 112 Å². The van der Waals surface area contributed by atoms with Crippen LogP contribution in [0.4, 0.5) is 4.79 Å². The summed E-state index contributed by atoms with van der Waals surface area (Å²) >= 11 is 0.884. The zero-order chi connectivity index (χ0) is 27.1. The molecular weight excluding hydrogens is 496 g/mol. The van der Waals surface area contributed by atoms with Gasteiger partial charge in [-0.15, -0.1) is 6.58 Å². The Hall–Kier alpha value is -4.28. The lowest BCUT2D eigenvalue weighted by molar-refractivity contribution is -0.123. The largest absolute Gasteiger partial charge is 0.490 e. The minimum Gasteiger partial charge on any atom is -0.490 e. The minimum absolute atomic E-state index is 0.0451. The van der Waals surface area contributed by atoms with Crippen molar-refractivity contribution in [3.63, 3.8) is 0 Å². The molecule has 0 radical (unpaired) electrons. The summed E-state index contributed by atoms with van der Waals surface area (Å²) in [5.74, 6) is 0.800. The summed E-state index contributed by atoms with van der Waals surface area (Å²) in [4.78, 5) is 27.3. The molecule has 1 aliphatic rings. The Morgan fingerprint density at radius 2 is 1.82 bits per heavy atom. The summed E-state index contributed by atoms with van der Waals surface area (Å²) in [6.45, 7) is 8.68. The second kappa shape index (κ2) is 12.3. The van der Waals surface area contributed by atoms with Crippen LogP contribution < -0.4 is 9.47 Å². The van der Waals surface area contributed by atoms with Gasteiger partial charge in [0, 0.05) is 5.56 Å². The van der Waals surface area contributed by atoms with E-state index in [1.165, 1.54) is 10.5 Å². The SMILES string of the molecule is C=CCc1cc(/C=C2/SC(=O)N(Cc3ccccc3C#N)C2=O)cc(OCC)c1OCc1ccc(C)cc1. The number of nitriles is 1. The van der Waals surface area contributed by atoms with Crippen LogP contribution in [0.2, 0.25) is 0 Å². The number of amides is 2. The average Bonchev–Trinajstić information content (AvgIpc) is 3.17. The monoisotopic (exact) mass is 524 g/mol. The highest BCUT2D eigenvalue weighted by atomic mass is 32.2. The number of carbonyl (C=O) groups excluding carboxylic acids is 2. The smallest absolute Gasteiger partial charge is 0.293 e. The van der Waals surface area contributed by atoms with Crippen LogP contribution in [-0.4, -0.2) is 22.7 Å². The van der Waals surface area contributed by atoms with Crippen LogP contribution in [0.3, 0.4) is 0 Å². The molecule has 192 valence electrons. The fraction of sp³-hybridized carbons (Fsp3) is 0.194. The molecule has 4 rings (SSSR count). The van der Waals surface area contributed by atoms with Crippen LogP contribution in [0.15, 0.2) is 78.2 Å². The summed E-state index contributed by atoms with van der Waals surface area (Å²) < 4.78 is 12.1. The van der Waals surface area contributed by atoms with Crippen molar-refractivity contribution in [1.29, 1.82) is 5.26 Å². The quantitative estimate of drug-likeness (QED) is 0.214. The fourth-order valence-corrected chi connectivity index (χ4v) is 4.90. The molecule has 6 nitrogen and oxygen atoms in total. The third kappa shape index (κ3) is 6.16. The zero-order valence-corrected chi connectivity index (χ0v) is 22.2. The number of ether oxygens (including phenoxy) is 2. The number of rotatable bonds is 10. The molecule has 3 aromatic rings. The van der Waals surface area contributed by atoms with Crippen LogP contribution in [-0.2, 0) is 24.4 Å². The first-order valence-electron chi connectivity index (χ1n) is 12.3. The summed E-state index contributed by atoms with van der Waals surface area (Å²) in [6, 6.07) is 20.9. The number of thioether (sulfide) groups is 1. The van der Waals surface area contributed by atoms with Gasteiger partial charge in [-0.2, -0.15) is 5.26 Å². The lowest BCUT2D eigenvalue weighted by atomic mass is 10.0. The molecule has 1 saturated heterocycles. The second-order valence-corrected chi connectivity index (χ2v) is 9.74. The van der Waals surface area contributed by atoms with E-state index in [0.717, 1.165) is 28.5 Å². The first kappa shape index (κ1) is 26.8. The first-order valence-corrected chi connectivity index (χ1v) is 13.1. The minimum atomic E-state index is -0.393. The van der Waals surface area contributed by atoms with E-state index in [2.05, 4.69) is 12.6 Å². The third-order valence-electron chi connectivity index (χ3n) is 5.96. The van der Waals surface area contributed by atoms with Crippen LogP contribution in [0.5, 0.6) is 11.5 Å². The molecule has 3 aromatic carbocycles. The molecule has 0 atom stereocenters. The number of aryl methyl sites for hydroxylation is 1. The van der Waals surface area contributed by atoms with Gasteiger partial charge in [0.05, 0.1) is 29.7 Å². The second-order valence-electron chi connectivity index (χ2n) is 8.74. The maximum absolute atomic E-state index is 13.2. The van der Waals surface area contributed by atoms with Crippen molar-refractivity contribution in [2.45, 2.75) is 33.4 Å². The highest BCUT2D eigenvalue weighted by Crippen LogP contribution is 2.38. The van der Waals surface area contributed by atoms with Crippen molar-refractivity contribution < 1.29 is 19.1 Å². The molecule has 1 fully saturated rings. The summed E-state index contributed by atoms with van der Waals surface area (Å²) in [6.07, 6.45) is 4.02. The number of nitrogens with zero attached hydrogens (tertiary/aromatic N) is 2. The molecular formula is C31H28N2O4S. The lowest BCUT2D eigenvalue weighted by Crippen LogP contribution is -2.27. The molecule has 0 saturated carbocycles. The van der Waals surface area contributed by atoms with Gasteiger partial charge in [-0.3, -0.25) is 14.5 Å². The molecule has 38 heavy (non-hydrogen) atoms. The number of hydrogen-bond acceptors (Lipinski definition) is 6. The highest BCUT2D eigenvalue weighted by molar-refractivity contribution is 8.18.